The number of carbonyl (C=O) groups excluding carboxylic acids is 3. The van der Waals surface area contributed by atoms with E-state index in [-0.39, 0.29) is 12.2 Å². The van der Waals surface area contributed by atoms with E-state index in [1.54, 1.807) is 42.5 Å². The van der Waals surface area contributed by atoms with Gasteiger partial charge in [-0.3, -0.25) is 14.9 Å². The molecule has 0 saturated carbocycles. The number of halogens is 2. The zero-order valence-corrected chi connectivity index (χ0v) is 21.7. The van der Waals surface area contributed by atoms with Crippen LogP contribution in [0.4, 0.5) is 10.5 Å². The van der Waals surface area contributed by atoms with E-state index in [4.69, 9.17) is 21.1 Å². The van der Waals surface area contributed by atoms with Crippen molar-refractivity contribution in [1.29, 1.82) is 0 Å². The number of amides is 4. The van der Waals surface area contributed by atoms with E-state index in [0.29, 0.717) is 31.3 Å². The molecule has 9 heteroatoms. The molecule has 0 atom stereocenters. The van der Waals surface area contributed by atoms with E-state index >= 15 is 0 Å². The van der Waals surface area contributed by atoms with Crippen LogP contribution >= 0.6 is 34.2 Å². The first-order chi connectivity index (χ1) is 16.8. The van der Waals surface area contributed by atoms with Gasteiger partial charge in [0.25, 0.3) is 11.8 Å². The molecule has 3 aromatic carbocycles. The topological polar surface area (TPSA) is 84.9 Å². The van der Waals surface area contributed by atoms with Gasteiger partial charge < -0.3 is 9.47 Å². The summed E-state index contributed by atoms with van der Waals surface area (Å²) in [5.41, 5.74) is 2.53. The van der Waals surface area contributed by atoms with Crippen LogP contribution in [0.25, 0.3) is 6.08 Å². The lowest BCUT2D eigenvalue weighted by Gasteiger charge is -2.26. The molecule has 0 spiro atoms. The number of benzene rings is 3. The summed E-state index contributed by atoms with van der Waals surface area (Å²) in [6.07, 6.45) is 1.42. The summed E-state index contributed by atoms with van der Waals surface area (Å²) >= 11 is 8.31. The highest BCUT2D eigenvalue weighted by molar-refractivity contribution is 14.1. The highest BCUT2D eigenvalue weighted by atomic mass is 127. The number of methoxy groups -OCH3 is 1. The third kappa shape index (κ3) is 5.33. The largest absolute Gasteiger partial charge is 0.493 e. The Morgan fingerprint density at radius 1 is 1.06 bits per heavy atom. The van der Waals surface area contributed by atoms with Crippen LogP contribution in [0.5, 0.6) is 11.5 Å². The molecule has 0 unspecified atom stereocenters. The minimum atomic E-state index is -0.795. The predicted molar refractivity (Wildman–Crippen MR) is 142 cm³/mol. The fourth-order valence-corrected chi connectivity index (χ4v) is 4.45. The molecule has 0 radical (unpaired) electrons. The van der Waals surface area contributed by atoms with Crippen molar-refractivity contribution in [3.8, 4) is 11.5 Å². The molecule has 4 amide bonds. The number of hydrogen-bond acceptors (Lipinski definition) is 5. The highest BCUT2D eigenvalue weighted by Gasteiger charge is 2.36. The van der Waals surface area contributed by atoms with E-state index in [9.17, 15) is 14.4 Å². The third-order valence-electron chi connectivity index (χ3n) is 5.29. The molecule has 178 valence electrons. The van der Waals surface area contributed by atoms with E-state index in [2.05, 4.69) is 27.9 Å². The van der Waals surface area contributed by atoms with Crippen LogP contribution in [0.3, 0.4) is 0 Å². The predicted octanol–water partition coefficient (Wildman–Crippen LogP) is 5.51. The number of imide groups is 2. The number of urea groups is 1. The van der Waals surface area contributed by atoms with Crippen molar-refractivity contribution in [3.63, 3.8) is 0 Å². The zero-order valence-electron chi connectivity index (χ0n) is 18.8. The number of anilines is 1. The Balaban J connectivity index is 1.64. The molecular weight excluding hydrogens is 583 g/mol. The molecule has 1 heterocycles. The summed E-state index contributed by atoms with van der Waals surface area (Å²) in [6.45, 7) is 2.13. The molecule has 35 heavy (non-hydrogen) atoms. The Kier molecular flexibility index (Phi) is 7.42. The van der Waals surface area contributed by atoms with Gasteiger partial charge in [0.2, 0.25) is 0 Å². The van der Waals surface area contributed by atoms with Crippen molar-refractivity contribution in [3.05, 3.63) is 91.5 Å². The van der Waals surface area contributed by atoms with Gasteiger partial charge in [0.05, 0.1) is 16.4 Å². The fraction of sp³-hybridized carbons (Fsp3) is 0.115. The Morgan fingerprint density at radius 2 is 1.77 bits per heavy atom. The number of rotatable bonds is 6. The van der Waals surface area contributed by atoms with Crippen molar-refractivity contribution < 1.29 is 23.9 Å². The summed E-state index contributed by atoms with van der Waals surface area (Å²) < 4.78 is 12.2. The van der Waals surface area contributed by atoms with Crippen LogP contribution in [-0.2, 0) is 16.2 Å². The minimum absolute atomic E-state index is 0.173. The van der Waals surface area contributed by atoms with Crippen LogP contribution in [0, 0.1) is 10.5 Å². The Bertz CT molecular complexity index is 1350. The van der Waals surface area contributed by atoms with Gasteiger partial charge >= 0.3 is 6.03 Å². The molecule has 0 aromatic heterocycles. The lowest BCUT2D eigenvalue weighted by atomic mass is 10.1. The van der Waals surface area contributed by atoms with Crippen molar-refractivity contribution in [2.75, 3.05) is 12.0 Å². The number of aryl methyl sites for hydroxylation is 1. The monoisotopic (exact) mass is 602 g/mol. The first-order valence-electron chi connectivity index (χ1n) is 10.5. The molecule has 3 aromatic rings. The maximum atomic E-state index is 13.1. The average molecular weight is 603 g/mol. The molecule has 7 nitrogen and oxygen atoms in total. The van der Waals surface area contributed by atoms with E-state index < -0.39 is 17.8 Å². The highest BCUT2D eigenvalue weighted by Crippen LogP contribution is 2.36. The van der Waals surface area contributed by atoms with Crippen LogP contribution < -0.4 is 19.7 Å². The summed E-state index contributed by atoms with van der Waals surface area (Å²) in [5.74, 6) is -0.552. The van der Waals surface area contributed by atoms with Gasteiger partial charge in [-0.15, -0.1) is 0 Å². The maximum Gasteiger partial charge on any atom is 0.335 e. The first kappa shape index (κ1) is 24.7. The van der Waals surface area contributed by atoms with Crippen molar-refractivity contribution in [2.24, 2.45) is 0 Å². The molecule has 1 aliphatic heterocycles. The van der Waals surface area contributed by atoms with Gasteiger partial charge in [-0.1, -0.05) is 47.5 Å². The fourth-order valence-electron chi connectivity index (χ4n) is 3.48. The summed E-state index contributed by atoms with van der Waals surface area (Å²) in [5, 5.41) is 2.82. The average Bonchev–Trinajstić information content (AvgIpc) is 2.83. The summed E-state index contributed by atoms with van der Waals surface area (Å²) in [6, 6.07) is 16.9. The van der Waals surface area contributed by atoms with Crippen LogP contribution in [0.15, 0.2) is 66.2 Å². The number of nitrogens with one attached hydrogen (secondary N) is 1. The van der Waals surface area contributed by atoms with Gasteiger partial charge in [0, 0.05) is 10.6 Å². The van der Waals surface area contributed by atoms with Gasteiger partial charge in [0.1, 0.15) is 12.2 Å². The maximum absolute atomic E-state index is 13.1. The Hall–Kier alpha value is -3.37. The number of carbonyl (C=O) groups is 3. The molecule has 1 saturated heterocycles. The smallest absolute Gasteiger partial charge is 0.335 e. The summed E-state index contributed by atoms with van der Waals surface area (Å²) in [7, 11) is 1.50. The Labute approximate surface area is 220 Å². The van der Waals surface area contributed by atoms with Crippen molar-refractivity contribution in [2.45, 2.75) is 13.5 Å². The first-order valence-corrected chi connectivity index (χ1v) is 12.0. The molecule has 4 rings (SSSR count). The van der Waals surface area contributed by atoms with Crippen LogP contribution in [-0.4, -0.2) is 25.0 Å². The lowest BCUT2D eigenvalue weighted by molar-refractivity contribution is -0.122. The second-order valence-electron chi connectivity index (χ2n) is 7.71. The molecule has 0 bridgehead atoms. The van der Waals surface area contributed by atoms with Gasteiger partial charge in [-0.25, -0.2) is 9.69 Å². The number of ether oxygens (including phenoxy) is 2. The molecule has 1 aliphatic rings. The van der Waals surface area contributed by atoms with Gasteiger partial charge in [-0.05, 0) is 71.5 Å². The van der Waals surface area contributed by atoms with Crippen molar-refractivity contribution >= 4 is 63.8 Å². The Morgan fingerprint density at radius 3 is 2.46 bits per heavy atom. The quantitative estimate of drug-likeness (QED) is 0.229. The second-order valence-corrected chi connectivity index (χ2v) is 9.28. The summed E-state index contributed by atoms with van der Waals surface area (Å²) in [4.78, 5) is 39.0. The van der Waals surface area contributed by atoms with Gasteiger partial charge in [0.15, 0.2) is 11.5 Å². The van der Waals surface area contributed by atoms with E-state index in [1.165, 1.54) is 13.2 Å². The molecule has 0 aliphatic carbocycles. The van der Waals surface area contributed by atoms with Crippen LogP contribution in [0.1, 0.15) is 16.7 Å². The third-order valence-corrected chi connectivity index (χ3v) is 6.46. The lowest BCUT2D eigenvalue weighted by Crippen LogP contribution is -2.54. The number of barbiturate groups is 1. The standard InChI is InChI=1S/C26H20ClIN2O5/c1-15-7-9-18(10-8-15)30-25(32)19(24(31)29-26(30)33)11-16-12-21(28)23(22(13-16)34-2)35-14-17-5-3-4-6-20(17)27/h3-13H,14H2,1-2H3,(H,29,31,33)/b19-11+. The van der Waals surface area contributed by atoms with Gasteiger partial charge in [-0.2, -0.15) is 0 Å². The zero-order chi connectivity index (χ0) is 25.1. The SMILES string of the molecule is COc1cc(/C=C2\C(=O)NC(=O)N(c3ccc(C)cc3)C2=O)cc(I)c1OCc1ccccc1Cl. The second kappa shape index (κ2) is 10.5. The number of hydrogen-bond donors (Lipinski definition) is 1. The van der Waals surface area contributed by atoms with Crippen LogP contribution in [0.2, 0.25) is 5.02 Å². The molecule has 1 fully saturated rings. The molecular formula is C26H20ClIN2O5. The van der Waals surface area contributed by atoms with E-state index in [0.717, 1.165) is 16.0 Å². The van der Waals surface area contributed by atoms with E-state index in [1.807, 2.05) is 25.1 Å². The number of nitrogens with zero attached hydrogens (tertiary/aromatic N) is 1. The molecule has 1 N–H and O–H groups in total. The van der Waals surface area contributed by atoms with Crippen molar-refractivity contribution in [1.82, 2.24) is 5.32 Å². The minimum Gasteiger partial charge on any atom is -0.493 e. The normalized spacial score (nSPS) is 14.8.